The maximum absolute atomic E-state index is 12.7. The maximum Gasteiger partial charge on any atom is 0.251 e. The summed E-state index contributed by atoms with van der Waals surface area (Å²) >= 11 is 0. The Labute approximate surface area is 143 Å². The fourth-order valence-corrected chi connectivity index (χ4v) is 3.50. The Morgan fingerprint density at radius 2 is 1.83 bits per heavy atom. The second-order valence-corrected chi connectivity index (χ2v) is 6.67. The van der Waals surface area contributed by atoms with Gasteiger partial charge in [0.1, 0.15) is 5.75 Å². The molecular formula is C19H26N2O3. The summed E-state index contributed by atoms with van der Waals surface area (Å²) in [6, 6.07) is 7.18. The molecule has 1 saturated carbocycles. The first-order valence-electron chi connectivity index (χ1n) is 9.04. The molecule has 0 spiro atoms. The number of anilines is 1. The molecule has 1 saturated heterocycles. The van der Waals surface area contributed by atoms with Crippen LogP contribution in [0.25, 0.3) is 0 Å². The molecule has 0 unspecified atom stereocenters. The van der Waals surface area contributed by atoms with Crippen molar-refractivity contribution in [3.05, 3.63) is 24.3 Å². The SMILES string of the molecule is CCCOc1ccc(N2C(=O)C[C@H](NC3CCCCC3)C2=O)cc1. The highest BCUT2D eigenvalue weighted by atomic mass is 16.5. The highest BCUT2D eigenvalue weighted by molar-refractivity contribution is 6.22. The molecule has 5 heteroatoms. The molecule has 3 rings (SSSR count). The molecule has 1 aliphatic carbocycles. The summed E-state index contributed by atoms with van der Waals surface area (Å²) < 4.78 is 5.55. The lowest BCUT2D eigenvalue weighted by Crippen LogP contribution is -2.44. The minimum absolute atomic E-state index is 0.129. The molecule has 1 atom stereocenters. The van der Waals surface area contributed by atoms with Crippen LogP contribution in [0.3, 0.4) is 0 Å². The molecule has 5 nitrogen and oxygen atoms in total. The minimum Gasteiger partial charge on any atom is -0.494 e. The molecule has 2 aliphatic rings. The van der Waals surface area contributed by atoms with Gasteiger partial charge in [-0.05, 0) is 43.5 Å². The largest absolute Gasteiger partial charge is 0.494 e. The molecule has 1 aliphatic heterocycles. The third-order valence-electron chi connectivity index (χ3n) is 4.76. The van der Waals surface area contributed by atoms with Crippen LogP contribution in [0.4, 0.5) is 5.69 Å². The van der Waals surface area contributed by atoms with Gasteiger partial charge < -0.3 is 10.1 Å². The summed E-state index contributed by atoms with van der Waals surface area (Å²) in [7, 11) is 0. The number of hydrogen-bond donors (Lipinski definition) is 1. The predicted molar refractivity (Wildman–Crippen MR) is 93.1 cm³/mol. The van der Waals surface area contributed by atoms with E-state index in [1.54, 1.807) is 12.1 Å². The smallest absolute Gasteiger partial charge is 0.251 e. The lowest BCUT2D eigenvalue weighted by Gasteiger charge is -2.25. The second-order valence-electron chi connectivity index (χ2n) is 6.67. The van der Waals surface area contributed by atoms with Gasteiger partial charge in [-0.3, -0.25) is 9.59 Å². The third-order valence-corrected chi connectivity index (χ3v) is 4.76. The first-order valence-corrected chi connectivity index (χ1v) is 9.04. The number of carbonyl (C=O) groups is 2. The molecule has 0 aromatic heterocycles. The van der Waals surface area contributed by atoms with E-state index in [1.165, 1.54) is 24.2 Å². The quantitative estimate of drug-likeness (QED) is 0.815. The fraction of sp³-hybridized carbons (Fsp3) is 0.579. The summed E-state index contributed by atoms with van der Waals surface area (Å²) in [6.07, 6.45) is 7.07. The van der Waals surface area contributed by atoms with Crippen LogP contribution >= 0.6 is 0 Å². The molecule has 24 heavy (non-hydrogen) atoms. The second kappa shape index (κ2) is 7.79. The number of carbonyl (C=O) groups excluding carboxylic acids is 2. The zero-order chi connectivity index (χ0) is 16.9. The van der Waals surface area contributed by atoms with Crippen molar-refractivity contribution in [3.63, 3.8) is 0 Å². The van der Waals surface area contributed by atoms with Gasteiger partial charge in [-0.1, -0.05) is 26.2 Å². The Balaban J connectivity index is 1.65. The van der Waals surface area contributed by atoms with Crippen LogP contribution in [0, 0.1) is 0 Å². The van der Waals surface area contributed by atoms with Crippen molar-refractivity contribution in [1.29, 1.82) is 0 Å². The van der Waals surface area contributed by atoms with E-state index in [0.29, 0.717) is 18.3 Å². The average molecular weight is 330 g/mol. The first kappa shape index (κ1) is 17.0. The van der Waals surface area contributed by atoms with E-state index < -0.39 is 0 Å². The Morgan fingerprint density at radius 3 is 2.50 bits per heavy atom. The Bertz CT molecular complexity index is 579. The highest BCUT2D eigenvalue weighted by Crippen LogP contribution is 2.26. The molecule has 0 radical (unpaired) electrons. The van der Waals surface area contributed by atoms with Gasteiger partial charge >= 0.3 is 0 Å². The van der Waals surface area contributed by atoms with Gasteiger partial charge in [-0.2, -0.15) is 0 Å². The van der Waals surface area contributed by atoms with Crippen LogP contribution in [0.5, 0.6) is 5.75 Å². The Hall–Kier alpha value is -1.88. The first-order chi connectivity index (χ1) is 11.7. The number of ether oxygens (including phenoxy) is 1. The van der Waals surface area contributed by atoms with Crippen LogP contribution in [0.2, 0.25) is 0 Å². The number of imide groups is 1. The summed E-state index contributed by atoms with van der Waals surface area (Å²) in [6.45, 7) is 2.71. The van der Waals surface area contributed by atoms with Crippen molar-refractivity contribution < 1.29 is 14.3 Å². The summed E-state index contributed by atoms with van der Waals surface area (Å²) in [5.74, 6) is 0.500. The average Bonchev–Trinajstić information content (AvgIpc) is 2.88. The van der Waals surface area contributed by atoms with Gasteiger partial charge in [0, 0.05) is 6.04 Å². The standard InChI is InChI=1S/C19H26N2O3/c1-2-12-24-16-10-8-15(9-11-16)21-18(22)13-17(19(21)23)20-14-6-4-3-5-7-14/h8-11,14,17,20H,2-7,12-13H2,1H3/t17-/m0/s1. The van der Waals surface area contributed by atoms with E-state index in [-0.39, 0.29) is 24.3 Å². The fourth-order valence-electron chi connectivity index (χ4n) is 3.50. The van der Waals surface area contributed by atoms with E-state index in [1.807, 2.05) is 12.1 Å². The molecule has 2 fully saturated rings. The van der Waals surface area contributed by atoms with E-state index in [0.717, 1.165) is 25.0 Å². The highest BCUT2D eigenvalue weighted by Gasteiger charge is 2.40. The van der Waals surface area contributed by atoms with Gasteiger partial charge in [0.05, 0.1) is 24.8 Å². The number of rotatable bonds is 6. The molecule has 0 bridgehead atoms. The molecule has 1 aromatic carbocycles. The molecule has 1 N–H and O–H groups in total. The zero-order valence-electron chi connectivity index (χ0n) is 14.3. The van der Waals surface area contributed by atoms with E-state index >= 15 is 0 Å². The number of hydrogen-bond acceptors (Lipinski definition) is 4. The van der Waals surface area contributed by atoms with Crippen molar-refractivity contribution in [2.45, 2.75) is 64.0 Å². The van der Waals surface area contributed by atoms with Gasteiger partial charge in [0.25, 0.3) is 5.91 Å². The third kappa shape index (κ3) is 3.78. The van der Waals surface area contributed by atoms with E-state index in [2.05, 4.69) is 12.2 Å². The predicted octanol–water partition coefficient (Wildman–Crippen LogP) is 3.03. The van der Waals surface area contributed by atoms with Crippen molar-refractivity contribution in [3.8, 4) is 5.75 Å². The van der Waals surface area contributed by atoms with Crippen LogP contribution in [0.15, 0.2) is 24.3 Å². The van der Waals surface area contributed by atoms with Crippen molar-refractivity contribution in [1.82, 2.24) is 5.32 Å². The van der Waals surface area contributed by atoms with Gasteiger partial charge in [0.15, 0.2) is 0 Å². The molecular weight excluding hydrogens is 304 g/mol. The van der Waals surface area contributed by atoms with Gasteiger partial charge in [-0.25, -0.2) is 4.90 Å². The molecule has 2 amide bonds. The lowest BCUT2D eigenvalue weighted by molar-refractivity contribution is -0.121. The van der Waals surface area contributed by atoms with Crippen molar-refractivity contribution >= 4 is 17.5 Å². The molecule has 130 valence electrons. The topological polar surface area (TPSA) is 58.6 Å². The van der Waals surface area contributed by atoms with Crippen LogP contribution in [0.1, 0.15) is 51.9 Å². The zero-order valence-corrected chi connectivity index (χ0v) is 14.3. The lowest BCUT2D eigenvalue weighted by atomic mass is 9.95. The number of amides is 2. The monoisotopic (exact) mass is 330 g/mol. The number of nitrogens with one attached hydrogen (secondary N) is 1. The van der Waals surface area contributed by atoms with Crippen LogP contribution in [-0.2, 0) is 9.59 Å². The van der Waals surface area contributed by atoms with E-state index in [4.69, 9.17) is 4.74 Å². The minimum atomic E-state index is -0.378. The normalized spacial score (nSPS) is 22.2. The number of nitrogens with zero attached hydrogens (tertiary/aromatic N) is 1. The number of benzene rings is 1. The molecule has 1 aromatic rings. The maximum atomic E-state index is 12.7. The van der Waals surface area contributed by atoms with E-state index in [9.17, 15) is 9.59 Å². The van der Waals surface area contributed by atoms with Gasteiger partial charge in [0.2, 0.25) is 5.91 Å². The van der Waals surface area contributed by atoms with Gasteiger partial charge in [-0.15, -0.1) is 0 Å². The summed E-state index contributed by atoms with van der Waals surface area (Å²) in [5, 5.41) is 3.40. The Morgan fingerprint density at radius 1 is 1.12 bits per heavy atom. The van der Waals surface area contributed by atoms with Crippen LogP contribution < -0.4 is 15.0 Å². The van der Waals surface area contributed by atoms with Crippen molar-refractivity contribution in [2.24, 2.45) is 0 Å². The summed E-state index contributed by atoms with van der Waals surface area (Å²) in [4.78, 5) is 26.3. The van der Waals surface area contributed by atoms with Crippen molar-refractivity contribution in [2.75, 3.05) is 11.5 Å². The van der Waals surface area contributed by atoms with Crippen LogP contribution in [-0.4, -0.2) is 30.5 Å². The Kier molecular flexibility index (Phi) is 5.51. The molecule has 1 heterocycles. The summed E-state index contributed by atoms with van der Waals surface area (Å²) in [5.41, 5.74) is 0.627.